The molecule has 0 aromatic rings. The average Bonchev–Trinajstić information content (AvgIpc) is 2.77. The van der Waals surface area contributed by atoms with E-state index < -0.39 is 48.6 Å². The molecule has 0 aromatic carbocycles. The molecule has 0 heterocycles. The summed E-state index contributed by atoms with van der Waals surface area (Å²) in [5, 5.41) is 35.1. The molecule has 276 valence electrons. The summed E-state index contributed by atoms with van der Waals surface area (Å²) in [5.41, 5.74) is 0. The molecule has 0 atom stereocenters. The zero-order valence-corrected chi connectivity index (χ0v) is 26.8. The van der Waals surface area contributed by atoms with Crippen LogP contribution in [0.25, 0.3) is 0 Å². The van der Waals surface area contributed by atoms with Crippen LogP contribution in [0.3, 0.4) is 0 Å². The number of alkyl halides is 12. The number of halogens is 12. The van der Waals surface area contributed by atoms with E-state index in [1.54, 1.807) is 0 Å². The van der Waals surface area contributed by atoms with Crippen LogP contribution in [0.4, 0.5) is 52.7 Å². The summed E-state index contributed by atoms with van der Waals surface area (Å²) >= 11 is 0. The Bertz CT molecular complexity index is 781. The van der Waals surface area contributed by atoms with Gasteiger partial charge in [0, 0.05) is 0 Å². The SMILES string of the molecule is C1=C\CC/C=C\CC/1.C1=C\CC/C=C\CC/1.O.O=C([O-])C(F)(F)F.O=C([O-])C(F)(F)F.O=C([O-])C(F)(F)F.O=C([O-])C(F)(F)F.[Ru+2].[Ru+2]. The largest absolute Gasteiger partial charge is 2.00 e. The van der Waals surface area contributed by atoms with Gasteiger partial charge in [-0.3, -0.25) is 0 Å². The molecule has 23 heteroatoms. The second kappa shape index (κ2) is 31.8. The van der Waals surface area contributed by atoms with Crippen LogP contribution in [-0.4, -0.2) is 54.1 Å². The molecule has 0 fully saturated rings. The van der Waals surface area contributed by atoms with E-state index in [-0.39, 0.29) is 44.4 Å². The van der Waals surface area contributed by atoms with Crippen LogP contribution in [0.1, 0.15) is 51.4 Å². The van der Waals surface area contributed by atoms with Crippen LogP contribution in [0, 0.1) is 0 Å². The predicted molar refractivity (Wildman–Crippen MR) is 121 cm³/mol. The van der Waals surface area contributed by atoms with Gasteiger partial charge in [-0.15, -0.1) is 0 Å². The van der Waals surface area contributed by atoms with Crippen LogP contribution in [0.2, 0.25) is 0 Å². The minimum absolute atomic E-state index is 0. The summed E-state index contributed by atoms with van der Waals surface area (Å²) < 4.78 is 126. The fourth-order valence-corrected chi connectivity index (χ4v) is 1.71. The van der Waals surface area contributed by atoms with Gasteiger partial charge in [0.15, 0.2) is 0 Å². The first-order valence-electron chi connectivity index (χ1n) is 11.5. The summed E-state index contributed by atoms with van der Waals surface area (Å²) in [6, 6.07) is 0. The van der Waals surface area contributed by atoms with Crippen molar-refractivity contribution >= 4 is 23.9 Å². The average molecular weight is 889 g/mol. The van der Waals surface area contributed by atoms with Crippen molar-refractivity contribution < 1.29 is 137 Å². The summed E-state index contributed by atoms with van der Waals surface area (Å²) in [6.45, 7) is 0. The van der Waals surface area contributed by atoms with Crippen molar-refractivity contribution in [2.24, 2.45) is 0 Å². The number of hydrogen-bond donors (Lipinski definition) is 0. The molecule has 0 aliphatic heterocycles. The molecule has 0 aromatic heterocycles. The molecular formula is C24H26F12O9Ru2. The van der Waals surface area contributed by atoms with Crippen molar-refractivity contribution in [2.45, 2.75) is 76.1 Å². The number of carboxylic acids is 4. The van der Waals surface area contributed by atoms with E-state index >= 15 is 0 Å². The van der Waals surface area contributed by atoms with Crippen molar-refractivity contribution in [1.82, 2.24) is 0 Å². The smallest absolute Gasteiger partial charge is 0.542 e. The van der Waals surface area contributed by atoms with Crippen LogP contribution < -0.4 is 20.4 Å². The normalized spacial score (nSPS) is 16.3. The monoisotopic (exact) mass is 890 g/mol. The number of aliphatic carboxylic acids is 4. The van der Waals surface area contributed by atoms with E-state index in [9.17, 15) is 52.7 Å². The summed E-state index contributed by atoms with van der Waals surface area (Å²) in [6.07, 6.45) is 7.22. The number of carbonyl (C=O) groups is 4. The number of hydrogen-bond acceptors (Lipinski definition) is 8. The molecular weight excluding hydrogens is 862 g/mol. The Balaban J connectivity index is -0.0000000808. The van der Waals surface area contributed by atoms with Crippen LogP contribution in [-0.2, 0) is 58.1 Å². The van der Waals surface area contributed by atoms with Crippen LogP contribution >= 0.6 is 0 Å². The minimum Gasteiger partial charge on any atom is -0.542 e. The minimum atomic E-state index is -5.19. The maximum absolute atomic E-state index is 10.5. The van der Waals surface area contributed by atoms with Gasteiger partial charge < -0.3 is 45.1 Å². The molecule has 0 amide bonds. The molecule has 2 N–H and O–H groups in total. The second-order valence-corrected chi connectivity index (χ2v) is 7.34. The van der Waals surface area contributed by atoms with Crippen molar-refractivity contribution in [3.8, 4) is 0 Å². The van der Waals surface area contributed by atoms with Crippen LogP contribution in [0.5, 0.6) is 0 Å². The van der Waals surface area contributed by atoms with Crippen molar-refractivity contribution in [3.05, 3.63) is 48.6 Å². The molecule has 0 spiro atoms. The Morgan fingerprint density at radius 1 is 0.340 bits per heavy atom. The third kappa shape index (κ3) is 53.0. The van der Waals surface area contributed by atoms with E-state index in [0.29, 0.717) is 0 Å². The molecule has 2 rings (SSSR count). The fraction of sp³-hybridized carbons (Fsp3) is 0.500. The van der Waals surface area contributed by atoms with Crippen LogP contribution in [0.15, 0.2) is 48.6 Å². The molecule has 9 nitrogen and oxygen atoms in total. The maximum Gasteiger partial charge on any atom is 2.00 e. The van der Waals surface area contributed by atoms with Gasteiger partial charge in [-0.25, -0.2) is 0 Å². The first-order chi connectivity index (χ1) is 19.8. The third-order valence-corrected chi connectivity index (χ3v) is 3.59. The first kappa shape index (κ1) is 59.6. The van der Waals surface area contributed by atoms with Gasteiger partial charge in [-0.1, -0.05) is 48.6 Å². The molecule has 2 aliphatic rings. The standard InChI is InChI=1S/2C8H12.4C2HF3O2.H2O.2Ru/c2*1-2-4-6-8-7-5-3-1;4*3-2(4,5)1(6)7;;;/h2*1-2,7-8H,3-6H2;4*(H,6,7);1H2;;/q;;;;;;;2*+2/p-4/b2*2-1-,8-7-;;;;;;;. The van der Waals surface area contributed by atoms with Gasteiger partial charge in [0.25, 0.3) is 0 Å². The Hall–Kier alpha value is -2.79. The quantitative estimate of drug-likeness (QED) is 0.200. The van der Waals surface area contributed by atoms with E-state index in [0.717, 1.165) is 0 Å². The molecule has 0 radical (unpaired) electrons. The van der Waals surface area contributed by atoms with Gasteiger partial charge in [0.2, 0.25) is 0 Å². The van der Waals surface area contributed by atoms with Crippen molar-refractivity contribution in [1.29, 1.82) is 0 Å². The molecule has 0 unspecified atom stereocenters. The zero-order chi connectivity index (χ0) is 35.6. The topological polar surface area (TPSA) is 192 Å². The summed E-state index contributed by atoms with van der Waals surface area (Å²) in [4.78, 5) is 35.1. The first-order valence-corrected chi connectivity index (χ1v) is 11.5. The molecule has 0 saturated carbocycles. The predicted octanol–water partition coefficient (Wildman–Crippen LogP) is 1.71. The molecule has 0 saturated heterocycles. The van der Waals surface area contributed by atoms with Gasteiger partial charge in [0.05, 0.1) is 0 Å². The Labute approximate surface area is 284 Å². The van der Waals surface area contributed by atoms with Gasteiger partial charge >= 0.3 is 63.7 Å². The fourth-order valence-electron chi connectivity index (χ4n) is 1.71. The molecule has 0 bridgehead atoms. The van der Waals surface area contributed by atoms with Gasteiger partial charge in [0.1, 0.15) is 23.9 Å². The Morgan fingerprint density at radius 2 is 0.404 bits per heavy atom. The van der Waals surface area contributed by atoms with Gasteiger partial charge in [-0.2, -0.15) is 52.7 Å². The summed E-state index contributed by atoms with van der Waals surface area (Å²) in [5.74, 6) is -12.0. The summed E-state index contributed by atoms with van der Waals surface area (Å²) in [7, 11) is 0. The maximum atomic E-state index is 10.5. The van der Waals surface area contributed by atoms with Crippen molar-refractivity contribution in [3.63, 3.8) is 0 Å². The van der Waals surface area contributed by atoms with Gasteiger partial charge in [-0.05, 0) is 51.4 Å². The number of carboxylic acid groups (broad SMARTS) is 4. The second-order valence-electron chi connectivity index (χ2n) is 7.34. The van der Waals surface area contributed by atoms with Crippen molar-refractivity contribution in [2.75, 3.05) is 0 Å². The zero-order valence-electron chi connectivity index (χ0n) is 23.3. The Kier molecular flexibility index (Phi) is 40.3. The third-order valence-electron chi connectivity index (χ3n) is 3.59. The van der Waals surface area contributed by atoms with E-state index in [1.807, 2.05) is 0 Å². The van der Waals surface area contributed by atoms with E-state index in [4.69, 9.17) is 39.6 Å². The van der Waals surface area contributed by atoms with E-state index in [2.05, 4.69) is 48.6 Å². The van der Waals surface area contributed by atoms with E-state index in [1.165, 1.54) is 51.4 Å². The molecule has 47 heavy (non-hydrogen) atoms. The number of allylic oxidation sites excluding steroid dienone is 8. The Morgan fingerprint density at radius 3 is 0.447 bits per heavy atom. The number of rotatable bonds is 0. The molecule has 2 aliphatic carbocycles. The number of carbonyl (C=O) groups excluding carboxylic acids is 4.